The van der Waals surface area contributed by atoms with Crippen molar-refractivity contribution in [3.63, 3.8) is 0 Å². The summed E-state index contributed by atoms with van der Waals surface area (Å²) in [7, 11) is 1.99. The van der Waals surface area contributed by atoms with Gasteiger partial charge in [-0.2, -0.15) is 0 Å². The lowest BCUT2D eigenvalue weighted by atomic mass is 9.99. The van der Waals surface area contributed by atoms with Crippen molar-refractivity contribution in [2.24, 2.45) is 5.92 Å². The molecule has 1 fully saturated rings. The van der Waals surface area contributed by atoms with Crippen molar-refractivity contribution in [1.29, 1.82) is 0 Å². The number of carbonyl (C=O) groups is 1. The maximum Gasteiger partial charge on any atom is 0.238 e. The Morgan fingerprint density at radius 1 is 1.52 bits per heavy atom. The van der Waals surface area contributed by atoms with Crippen molar-refractivity contribution in [2.45, 2.75) is 12.8 Å². The second-order valence-corrected chi connectivity index (χ2v) is 5.90. The first kappa shape index (κ1) is 18.2. The van der Waals surface area contributed by atoms with E-state index in [-0.39, 0.29) is 18.3 Å². The molecule has 1 atom stereocenters. The highest BCUT2D eigenvalue weighted by Crippen LogP contribution is 2.15. The Labute approximate surface area is 137 Å². The summed E-state index contributed by atoms with van der Waals surface area (Å²) < 4.78 is 0. The molecule has 2 N–H and O–H groups in total. The van der Waals surface area contributed by atoms with Gasteiger partial charge in [0.15, 0.2) is 0 Å². The minimum atomic E-state index is -0.00136. The van der Waals surface area contributed by atoms with E-state index < -0.39 is 0 Å². The first-order chi connectivity index (χ1) is 9.63. The maximum absolute atomic E-state index is 12.0. The number of nitrogens with one attached hydrogen (secondary N) is 2. The molecule has 1 amide bonds. The molecular formula is C15H23Cl2N3O. The van der Waals surface area contributed by atoms with Crippen LogP contribution in [-0.4, -0.2) is 44.0 Å². The summed E-state index contributed by atoms with van der Waals surface area (Å²) in [5, 5.41) is 6.90. The quantitative estimate of drug-likeness (QED) is 0.871. The van der Waals surface area contributed by atoms with Crippen LogP contribution in [0.4, 0.5) is 5.69 Å². The molecule has 1 unspecified atom stereocenters. The number of anilines is 1. The lowest BCUT2D eigenvalue weighted by Gasteiger charge is -2.27. The van der Waals surface area contributed by atoms with E-state index in [1.165, 1.54) is 12.8 Å². The first-order valence-corrected chi connectivity index (χ1v) is 7.46. The summed E-state index contributed by atoms with van der Waals surface area (Å²) in [5.74, 6) is 0.645. The molecule has 0 aliphatic carbocycles. The van der Waals surface area contributed by atoms with Gasteiger partial charge in [0.25, 0.3) is 0 Å². The van der Waals surface area contributed by atoms with E-state index in [0.717, 1.165) is 25.3 Å². The molecule has 118 valence electrons. The summed E-state index contributed by atoms with van der Waals surface area (Å²) in [6.07, 6.45) is 2.47. The fourth-order valence-corrected chi connectivity index (χ4v) is 2.79. The van der Waals surface area contributed by atoms with Gasteiger partial charge >= 0.3 is 0 Å². The summed E-state index contributed by atoms with van der Waals surface area (Å²) in [6.45, 7) is 3.54. The number of likely N-dealkylation sites (N-methyl/N-ethyl adjacent to an activating group) is 1. The van der Waals surface area contributed by atoms with E-state index in [1.807, 2.05) is 19.2 Å². The molecule has 1 aliphatic heterocycles. The molecule has 1 aromatic carbocycles. The fourth-order valence-electron chi connectivity index (χ4n) is 2.60. The lowest BCUT2D eigenvalue weighted by Crippen LogP contribution is -2.39. The maximum atomic E-state index is 12.0. The van der Waals surface area contributed by atoms with Gasteiger partial charge in [-0.1, -0.05) is 17.7 Å². The van der Waals surface area contributed by atoms with Crippen molar-refractivity contribution < 1.29 is 4.79 Å². The Morgan fingerprint density at radius 2 is 2.33 bits per heavy atom. The zero-order valence-electron chi connectivity index (χ0n) is 12.3. The first-order valence-electron chi connectivity index (χ1n) is 7.08. The average Bonchev–Trinajstić information content (AvgIpc) is 2.39. The third kappa shape index (κ3) is 6.66. The van der Waals surface area contributed by atoms with Gasteiger partial charge in [-0.3, -0.25) is 9.69 Å². The number of piperidine rings is 1. The van der Waals surface area contributed by atoms with Gasteiger partial charge in [-0.25, -0.2) is 0 Å². The second kappa shape index (κ2) is 9.26. The van der Waals surface area contributed by atoms with E-state index in [9.17, 15) is 4.79 Å². The van der Waals surface area contributed by atoms with Crippen LogP contribution in [0.2, 0.25) is 5.02 Å². The molecule has 1 heterocycles. The van der Waals surface area contributed by atoms with E-state index >= 15 is 0 Å². The molecule has 0 bridgehead atoms. The largest absolute Gasteiger partial charge is 0.325 e. The highest BCUT2D eigenvalue weighted by Gasteiger charge is 2.16. The number of benzene rings is 1. The molecular weight excluding hydrogens is 309 g/mol. The monoisotopic (exact) mass is 331 g/mol. The summed E-state index contributed by atoms with van der Waals surface area (Å²) in [4.78, 5) is 14.0. The van der Waals surface area contributed by atoms with Gasteiger partial charge in [-0.15, -0.1) is 12.4 Å². The van der Waals surface area contributed by atoms with Crippen LogP contribution in [0.25, 0.3) is 0 Å². The normalized spacial score (nSPS) is 18.1. The van der Waals surface area contributed by atoms with Crippen molar-refractivity contribution in [1.82, 2.24) is 10.2 Å². The Kier molecular flexibility index (Phi) is 8.04. The van der Waals surface area contributed by atoms with Gasteiger partial charge in [0.1, 0.15) is 0 Å². The van der Waals surface area contributed by atoms with Gasteiger partial charge in [0.05, 0.1) is 6.54 Å². The third-order valence-corrected chi connectivity index (χ3v) is 3.73. The van der Waals surface area contributed by atoms with Crippen molar-refractivity contribution in [2.75, 3.05) is 38.5 Å². The van der Waals surface area contributed by atoms with Gasteiger partial charge in [0.2, 0.25) is 5.91 Å². The van der Waals surface area contributed by atoms with Crippen LogP contribution >= 0.6 is 24.0 Å². The van der Waals surface area contributed by atoms with E-state index in [1.54, 1.807) is 12.1 Å². The highest BCUT2D eigenvalue weighted by atomic mass is 35.5. The summed E-state index contributed by atoms with van der Waals surface area (Å²) >= 11 is 5.89. The topological polar surface area (TPSA) is 44.4 Å². The zero-order chi connectivity index (χ0) is 14.4. The molecule has 0 spiro atoms. The Bertz CT molecular complexity index is 450. The van der Waals surface area contributed by atoms with Crippen LogP contribution in [0.5, 0.6) is 0 Å². The molecule has 0 saturated carbocycles. The molecule has 21 heavy (non-hydrogen) atoms. The van der Waals surface area contributed by atoms with Crippen LogP contribution < -0.4 is 10.6 Å². The van der Waals surface area contributed by atoms with Crippen molar-refractivity contribution in [3.05, 3.63) is 29.3 Å². The number of nitrogens with zero attached hydrogens (tertiary/aromatic N) is 1. The minimum Gasteiger partial charge on any atom is -0.325 e. The van der Waals surface area contributed by atoms with Crippen LogP contribution in [0, 0.1) is 5.92 Å². The molecule has 4 nitrogen and oxygen atoms in total. The van der Waals surface area contributed by atoms with Gasteiger partial charge < -0.3 is 10.6 Å². The smallest absolute Gasteiger partial charge is 0.238 e. The number of rotatable bonds is 5. The Morgan fingerprint density at radius 3 is 3.00 bits per heavy atom. The number of halogens is 2. The van der Waals surface area contributed by atoms with Crippen LogP contribution in [0.3, 0.4) is 0 Å². The number of hydrogen-bond acceptors (Lipinski definition) is 3. The predicted molar refractivity (Wildman–Crippen MR) is 90.4 cm³/mol. The molecule has 1 aliphatic rings. The number of hydrogen-bond donors (Lipinski definition) is 2. The Hall–Kier alpha value is -0.810. The summed E-state index contributed by atoms with van der Waals surface area (Å²) in [6, 6.07) is 7.22. The number of amides is 1. The standard InChI is InChI=1S/C15H22ClN3O.ClH/c1-19(10-12-4-3-7-17-9-12)11-15(20)18-14-6-2-5-13(16)8-14;/h2,5-6,8,12,17H,3-4,7,9-11H2,1H3,(H,18,20);1H. The Balaban J connectivity index is 0.00000220. The molecule has 1 aromatic rings. The van der Waals surface area contributed by atoms with Gasteiger partial charge in [0, 0.05) is 17.3 Å². The third-order valence-electron chi connectivity index (χ3n) is 3.49. The SMILES string of the molecule is CN(CC(=O)Nc1cccc(Cl)c1)CC1CCCNC1.Cl. The molecule has 1 saturated heterocycles. The van der Waals surface area contributed by atoms with Gasteiger partial charge in [-0.05, 0) is 57.1 Å². The number of carbonyl (C=O) groups excluding carboxylic acids is 1. The molecule has 0 aromatic heterocycles. The second-order valence-electron chi connectivity index (χ2n) is 5.47. The predicted octanol–water partition coefficient (Wildman–Crippen LogP) is 2.63. The van der Waals surface area contributed by atoms with E-state index in [2.05, 4.69) is 15.5 Å². The molecule has 6 heteroatoms. The van der Waals surface area contributed by atoms with Crippen LogP contribution in [0.15, 0.2) is 24.3 Å². The summed E-state index contributed by atoms with van der Waals surface area (Å²) in [5.41, 5.74) is 0.746. The minimum absolute atomic E-state index is 0. The van der Waals surface area contributed by atoms with Crippen molar-refractivity contribution in [3.8, 4) is 0 Å². The van der Waals surface area contributed by atoms with E-state index in [4.69, 9.17) is 11.6 Å². The average molecular weight is 332 g/mol. The lowest BCUT2D eigenvalue weighted by molar-refractivity contribution is -0.117. The molecule has 0 radical (unpaired) electrons. The fraction of sp³-hybridized carbons (Fsp3) is 0.533. The molecule has 2 rings (SSSR count). The van der Waals surface area contributed by atoms with Crippen LogP contribution in [-0.2, 0) is 4.79 Å². The van der Waals surface area contributed by atoms with Crippen LogP contribution in [0.1, 0.15) is 12.8 Å². The highest BCUT2D eigenvalue weighted by molar-refractivity contribution is 6.30. The van der Waals surface area contributed by atoms with E-state index in [0.29, 0.717) is 17.5 Å². The zero-order valence-corrected chi connectivity index (χ0v) is 13.8. The van der Waals surface area contributed by atoms with Crippen molar-refractivity contribution >= 4 is 35.6 Å².